The fourth-order valence-corrected chi connectivity index (χ4v) is 3.56. The summed E-state index contributed by atoms with van der Waals surface area (Å²) >= 11 is 0. The van der Waals surface area contributed by atoms with Crippen molar-refractivity contribution in [2.24, 2.45) is 0 Å². The van der Waals surface area contributed by atoms with E-state index in [0.29, 0.717) is 5.76 Å². The summed E-state index contributed by atoms with van der Waals surface area (Å²) in [5, 5.41) is 13.3. The van der Waals surface area contributed by atoms with E-state index in [4.69, 9.17) is 9.15 Å². The van der Waals surface area contributed by atoms with Crippen molar-refractivity contribution in [3.05, 3.63) is 58.8 Å². The molecule has 1 aromatic heterocycles. The lowest BCUT2D eigenvalue weighted by molar-refractivity contribution is -0.123. The Balaban J connectivity index is 1.57. The molecule has 1 aliphatic rings. The highest BCUT2D eigenvalue weighted by Gasteiger charge is 2.18. The van der Waals surface area contributed by atoms with Gasteiger partial charge in [-0.1, -0.05) is 43.2 Å². The molecule has 0 atom stereocenters. The summed E-state index contributed by atoms with van der Waals surface area (Å²) in [5.41, 5.74) is 0.615. The zero-order valence-electron chi connectivity index (χ0n) is 15.3. The Morgan fingerprint density at radius 1 is 1.14 bits per heavy atom. The summed E-state index contributed by atoms with van der Waals surface area (Å²) in [6.45, 7) is -0.163. The number of aromatic hydroxyl groups is 1. The van der Waals surface area contributed by atoms with Gasteiger partial charge in [-0.25, -0.2) is 0 Å². The Morgan fingerprint density at radius 3 is 2.64 bits per heavy atom. The normalized spacial score (nSPS) is 14.3. The molecule has 2 aromatic carbocycles. The van der Waals surface area contributed by atoms with Crippen molar-refractivity contribution in [3.8, 4) is 22.8 Å². The Hall–Kier alpha value is -3.28. The maximum absolute atomic E-state index is 12.4. The van der Waals surface area contributed by atoms with E-state index in [9.17, 15) is 14.7 Å². The molecule has 0 saturated heterocycles. The summed E-state index contributed by atoms with van der Waals surface area (Å²) in [7, 11) is 0. The largest absolute Gasteiger partial charge is 0.507 e. The molecule has 0 bridgehead atoms. The summed E-state index contributed by atoms with van der Waals surface area (Å²) in [6, 6.07) is 13.6. The van der Waals surface area contributed by atoms with Gasteiger partial charge in [-0.15, -0.1) is 0 Å². The minimum atomic E-state index is -0.344. The van der Waals surface area contributed by atoms with E-state index < -0.39 is 0 Å². The summed E-state index contributed by atoms with van der Waals surface area (Å²) < 4.78 is 11.3. The van der Waals surface area contributed by atoms with Crippen molar-refractivity contribution in [2.45, 2.75) is 31.7 Å². The topological polar surface area (TPSA) is 88.8 Å². The highest BCUT2D eigenvalue weighted by atomic mass is 16.5. The number of amides is 1. The molecule has 0 unspecified atom stereocenters. The molecule has 1 aliphatic carbocycles. The van der Waals surface area contributed by atoms with Gasteiger partial charge in [0.2, 0.25) is 0 Å². The van der Waals surface area contributed by atoms with Gasteiger partial charge in [0.25, 0.3) is 5.91 Å². The van der Waals surface area contributed by atoms with Crippen molar-refractivity contribution in [1.82, 2.24) is 5.32 Å². The Morgan fingerprint density at radius 2 is 1.89 bits per heavy atom. The van der Waals surface area contributed by atoms with E-state index >= 15 is 0 Å². The van der Waals surface area contributed by atoms with Crippen LogP contribution in [0.2, 0.25) is 0 Å². The van der Waals surface area contributed by atoms with Gasteiger partial charge in [-0.2, -0.15) is 0 Å². The molecule has 6 heteroatoms. The van der Waals surface area contributed by atoms with E-state index in [1.54, 1.807) is 0 Å². The van der Waals surface area contributed by atoms with Crippen LogP contribution in [0.15, 0.2) is 57.7 Å². The van der Waals surface area contributed by atoms with Crippen LogP contribution in [-0.4, -0.2) is 23.7 Å². The molecule has 1 amide bonds. The Labute approximate surface area is 161 Å². The number of phenolic OH excluding ortho intramolecular Hbond substituents is 1. The van der Waals surface area contributed by atoms with Gasteiger partial charge in [0.15, 0.2) is 12.0 Å². The van der Waals surface area contributed by atoms with Crippen LogP contribution < -0.4 is 15.5 Å². The monoisotopic (exact) mass is 379 g/mol. The lowest BCUT2D eigenvalue weighted by Crippen LogP contribution is -2.36. The third-order valence-electron chi connectivity index (χ3n) is 4.93. The van der Waals surface area contributed by atoms with Crippen LogP contribution in [0.25, 0.3) is 22.3 Å². The number of ether oxygens (including phenoxy) is 1. The maximum Gasteiger partial charge on any atom is 0.258 e. The van der Waals surface area contributed by atoms with Crippen LogP contribution in [0, 0.1) is 0 Å². The highest BCUT2D eigenvalue weighted by molar-refractivity contribution is 5.86. The first kappa shape index (κ1) is 18.1. The lowest BCUT2D eigenvalue weighted by Gasteiger charge is -2.13. The van der Waals surface area contributed by atoms with Crippen molar-refractivity contribution in [2.75, 3.05) is 6.61 Å². The van der Waals surface area contributed by atoms with E-state index in [0.717, 1.165) is 31.2 Å². The van der Waals surface area contributed by atoms with Crippen molar-refractivity contribution in [1.29, 1.82) is 0 Å². The molecule has 144 valence electrons. The van der Waals surface area contributed by atoms with Crippen LogP contribution in [0.3, 0.4) is 0 Å². The smallest absolute Gasteiger partial charge is 0.258 e. The zero-order chi connectivity index (χ0) is 19.5. The molecular formula is C22H21NO5. The van der Waals surface area contributed by atoms with E-state index in [1.807, 2.05) is 30.3 Å². The van der Waals surface area contributed by atoms with E-state index in [1.165, 1.54) is 18.2 Å². The number of hydrogen-bond acceptors (Lipinski definition) is 5. The molecule has 3 aromatic rings. The molecule has 1 fully saturated rings. The van der Waals surface area contributed by atoms with Crippen molar-refractivity contribution >= 4 is 16.9 Å². The molecule has 0 spiro atoms. The number of fused-ring (bicyclic) bond motifs is 1. The van der Waals surface area contributed by atoms with Crippen LogP contribution in [0.4, 0.5) is 0 Å². The quantitative estimate of drug-likeness (QED) is 0.707. The van der Waals surface area contributed by atoms with E-state index in [2.05, 4.69) is 5.32 Å². The highest BCUT2D eigenvalue weighted by Crippen LogP contribution is 2.31. The van der Waals surface area contributed by atoms with Gasteiger partial charge in [-0.3, -0.25) is 9.59 Å². The molecule has 4 rings (SSSR count). The number of phenols is 1. The number of hydrogen-bond donors (Lipinski definition) is 2. The van der Waals surface area contributed by atoms with Crippen LogP contribution in [0.5, 0.6) is 11.5 Å². The predicted molar refractivity (Wildman–Crippen MR) is 105 cm³/mol. The second-order valence-electron chi connectivity index (χ2n) is 6.99. The van der Waals surface area contributed by atoms with Crippen molar-refractivity contribution in [3.63, 3.8) is 0 Å². The lowest BCUT2D eigenvalue weighted by atomic mass is 10.1. The summed E-state index contributed by atoms with van der Waals surface area (Å²) in [5.74, 6) is 0.219. The van der Waals surface area contributed by atoms with Gasteiger partial charge < -0.3 is 19.6 Å². The van der Waals surface area contributed by atoms with Gasteiger partial charge in [0.1, 0.15) is 28.2 Å². The average Bonchev–Trinajstić information content (AvgIpc) is 3.19. The molecule has 0 radical (unpaired) electrons. The Kier molecular flexibility index (Phi) is 5.02. The second-order valence-corrected chi connectivity index (χ2v) is 6.99. The molecule has 2 N–H and O–H groups in total. The van der Waals surface area contributed by atoms with Gasteiger partial charge in [0.05, 0.1) is 0 Å². The minimum absolute atomic E-state index is 0.0856. The summed E-state index contributed by atoms with van der Waals surface area (Å²) in [6.07, 6.45) is 4.26. The molecule has 1 heterocycles. The average molecular weight is 379 g/mol. The third-order valence-corrected chi connectivity index (χ3v) is 4.93. The van der Waals surface area contributed by atoms with Gasteiger partial charge in [-0.05, 0) is 12.8 Å². The maximum atomic E-state index is 12.4. The number of carbonyl (C=O) groups excluding carboxylic acids is 1. The molecule has 28 heavy (non-hydrogen) atoms. The predicted octanol–water partition coefficient (Wildman–Crippen LogP) is 3.60. The number of benzene rings is 2. The van der Waals surface area contributed by atoms with Crippen molar-refractivity contribution < 1.29 is 19.1 Å². The van der Waals surface area contributed by atoms with Crippen LogP contribution in [-0.2, 0) is 4.79 Å². The van der Waals surface area contributed by atoms with Crippen LogP contribution >= 0.6 is 0 Å². The minimum Gasteiger partial charge on any atom is -0.507 e. The van der Waals surface area contributed by atoms with Gasteiger partial charge >= 0.3 is 0 Å². The first-order chi connectivity index (χ1) is 13.6. The third kappa shape index (κ3) is 3.86. The van der Waals surface area contributed by atoms with E-state index in [-0.39, 0.29) is 46.5 Å². The molecular weight excluding hydrogens is 358 g/mol. The van der Waals surface area contributed by atoms with Crippen LogP contribution in [0.1, 0.15) is 25.7 Å². The Bertz CT molecular complexity index is 1050. The molecule has 0 aliphatic heterocycles. The number of rotatable bonds is 5. The first-order valence-corrected chi connectivity index (χ1v) is 9.38. The number of nitrogens with one attached hydrogen (secondary N) is 1. The second kappa shape index (κ2) is 7.76. The fourth-order valence-electron chi connectivity index (χ4n) is 3.56. The molecule has 1 saturated carbocycles. The molecule has 6 nitrogen and oxygen atoms in total. The van der Waals surface area contributed by atoms with Gasteiger partial charge in [0, 0.05) is 29.8 Å². The standard InChI is InChI=1S/C22H21NO5/c24-17-10-16(27-13-21(26)23-15-8-4-5-9-15)11-20-22(17)18(25)12-19(28-20)14-6-2-1-3-7-14/h1-3,6-7,10-12,15,24H,4-5,8-9,13H2,(H,23,26). The fraction of sp³-hybridized carbons (Fsp3) is 0.273. The number of carbonyl (C=O) groups is 1. The SMILES string of the molecule is O=C(COc1cc(O)c2c(=O)cc(-c3ccccc3)oc2c1)NC1CCCC1. The first-order valence-electron chi connectivity index (χ1n) is 9.38. The summed E-state index contributed by atoms with van der Waals surface area (Å²) in [4.78, 5) is 24.5. The zero-order valence-corrected chi connectivity index (χ0v) is 15.3.